The summed E-state index contributed by atoms with van der Waals surface area (Å²) in [6, 6.07) is 9.31. The van der Waals surface area contributed by atoms with Gasteiger partial charge in [0.2, 0.25) is 6.29 Å². The Labute approximate surface area is 173 Å². The average molecular weight is 419 g/mol. The molecule has 1 aliphatic rings. The van der Waals surface area contributed by atoms with E-state index >= 15 is 0 Å². The fourth-order valence-corrected chi connectivity index (χ4v) is 3.12. The molecule has 0 radical (unpaired) electrons. The maximum atomic E-state index is 10.1. The van der Waals surface area contributed by atoms with Gasteiger partial charge in [0.25, 0.3) is 0 Å². The Morgan fingerprint density at radius 3 is 2.37 bits per heavy atom. The van der Waals surface area contributed by atoms with Gasteiger partial charge >= 0.3 is 0 Å². The van der Waals surface area contributed by atoms with E-state index < -0.39 is 30.7 Å². The van der Waals surface area contributed by atoms with Crippen LogP contribution in [0.2, 0.25) is 0 Å². The third-order valence-electron chi connectivity index (χ3n) is 4.74. The van der Waals surface area contributed by atoms with Crippen molar-refractivity contribution >= 4 is 12.2 Å². The number of rotatable bonds is 6. The largest absolute Gasteiger partial charge is 0.508 e. The smallest absolute Gasteiger partial charge is 0.229 e. The van der Waals surface area contributed by atoms with Crippen molar-refractivity contribution in [2.75, 3.05) is 13.7 Å². The summed E-state index contributed by atoms with van der Waals surface area (Å²) in [5, 5.41) is 49.8. The van der Waals surface area contributed by atoms with Crippen LogP contribution in [0.4, 0.5) is 0 Å². The standard InChI is InChI=1S/C21H25NO8/c1-28-16-5-4-11(8-15(16)24)2-3-12-6-13(23)9-14(7-12)29-21-20(27)19(26)18(25)17(10-22)30-21/h2-9,17-21,23-27H,10,22H2,1H3/b3-2+/t17-,18-,19+,20-,21-/m1/s1. The molecule has 3 rings (SSSR count). The van der Waals surface area contributed by atoms with Crippen molar-refractivity contribution in [1.29, 1.82) is 0 Å². The van der Waals surface area contributed by atoms with Crippen molar-refractivity contribution in [2.24, 2.45) is 5.73 Å². The molecular formula is C21H25NO8. The van der Waals surface area contributed by atoms with Crippen LogP contribution in [0.1, 0.15) is 11.1 Å². The van der Waals surface area contributed by atoms with Crippen LogP contribution in [-0.4, -0.2) is 69.9 Å². The van der Waals surface area contributed by atoms with Crippen molar-refractivity contribution in [1.82, 2.24) is 0 Å². The number of methoxy groups -OCH3 is 1. The Kier molecular flexibility index (Phi) is 6.80. The van der Waals surface area contributed by atoms with Crippen molar-refractivity contribution < 1.29 is 39.7 Å². The van der Waals surface area contributed by atoms with Crippen molar-refractivity contribution in [2.45, 2.75) is 30.7 Å². The molecule has 2 aromatic rings. The van der Waals surface area contributed by atoms with Gasteiger partial charge in [-0.1, -0.05) is 18.2 Å². The number of aliphatic hydroxyl groups is 3. The number of hydrogen-bond acceptors (Lipinski definition) is 9. The summed E-state index contributed by atoms with van der Waals surface area (Å²) in [6.45, 7) is -0.0759. The monoisotopic (exact) mass is 419 g/mol. The molecule has 1 aliphatic heterocycles. The maximum Gasteiger partial charge on any atom is 0.229 e. The number of benzene rings is 2. The molecule has 1 fully saturated rings. The minimum absolute atomic E-state index is 0.00165. The topological polar surface area (TPSA) is 155 Å². The van der Waals surface area contributed by atoms with E-state index in [1.807, 2.05) is 0 Å². The summed E-state index contributed by atoms with van der Waals surface area (Å²) in [6.07, 6.45) is -3.12. The number of ether oxygens (including phenoxy) is 3. The van der Waals surface area contributed by atoms with Gasteiger partial charge in [-0.25, -0.2) is 0 Å². The Morgan fingerprint density at radius 2 is 1.70 bits per heavy atom. The van der Waals surface area contributed by atoms with E-state index in [0.29, 0.717) is 16.9 Å². The van der Waals surface area contributed by atoms with Crippen LogP contribution in [-0.2, 0) is 4.74 Å². The molecule has 0 unspecified atom stereocenters. The maximum absolute atomic E-state index is 10.1. The third kappa shape index (κ3) is 4.84. The van der Waals surface area contributed by atoms with Gasteiger partial charge < -0.3 is 45.5 Å². The molecule has 0 aromatic heterocycles. The van der Waals surface area contributed by atoms with Crippen LogP contribution in [0.3, 0.4) is 0 Å². The van der Waals surface area contributed by atoms with Crippen molar-refractivity contribution in [3.63, 3.8) is 0 Å². The molecule has 9 heteroatoms. The summed E-state index contributed by atoms with van der Waals surface area (Å²) >= 11 is 0. The first-order chi connectivity index (χ1) is 14.3. The van der Waals surface area contributed by atoms with Gasteiger partial charge in [0, 0.05) is 12.6 Å². The van der Waals surface area contributed by atoms with Gasteiger partial charge in [0.1, 0.15) is 35.9 Å². The van der Waals surface area contributed by atoms with Crippen LogP contribution in [0.15, 0.2) is 36.4 Å². The lowest BCUT2D eigenvalue weighted by molar-refractivity contribution is -0.269. The fourth-order valence-electron chi connectivity index (χ4n) is 3.12. The van der Waals surface area contributed by atoms with E-state index in [9.17, 15) is 25.5 Å². The van der Waals surface area contributed by atoms with Gasteiger partial charge in [-0.2, -0.15) is 0 Å². The highest BCUT2D eigenvalue weighted by Crippen LogP contribution is 2.29. The Hall–Kier alpha value is -2.82. The van der Waals surface area contributed by atoms with E-state index in [-0.39, 0.29) is 23.8 Å². The molecule has 5 atom stereocenters. The summed E-state index contributed by atoms with van der Waals surface area (Å²) in [4.78, 5) is 0. The van der Waals surface area contributed by atoms with Gasteiger partial charge in [-0.3, -0.25) is 0 Å². The molecule has 7 N–H and O–H groups in total. The minimum Gasteiger partial charge on any atom is -0.508 e. The van der Waals surface area contributed by atoms with Crippen LogP contribution >= 0.6 is 0 Å². The molecule has 0 amide bonds. The van der Waals surface area contributed by atoms with Crippen molar-refractivity contribution in [3.05, 3.63) is 47.5 Å². The first-order valence-corrected chi connectivity index (χ1v) is 9.28. The number of phenols is 2. The molecule has 1 heterocycles. The van der Waals surface area contributed by atoms with Gasteiger partial charge in [-0.15, -0.1) is 0 Å². The highest BCUT2D eigenvalue weighted by atomic mass is 16.7. The lowest BCUT2D eigenvalue weighted by Crippen LogP contribution is -2.60. The van der Waals surface area contributed by atoms with E-state index in [4.69, 9.17) is 19.9 Å². The predicted molar refractivity (Wildman–Crippen MR) is 108 cm³/mol. The molecule has 162 valence electrons. The molecule has 30 heavy (non-hydrogen) atoms. The lowest BCUT2D eigenvalue weighted by Gasteiger charge is -2.39. The van der Waals surface area contributed by atoms with Crippen LogP contribution in [0.5, 0.6) is 23.0 Å². The fraction of sp³-hybridized carbons (Fsp3) is 0.333. The van der Waals surface area contributed by atoms with Gasteiger partial charge in [-0.05, 0) is 35.4 Å². The molecule has 9 nitrogen and oxygen atoms in total. The highest BCUT2D eigenvalue weighted by molar-refractivity contribution is 5.72. The Balaban J connectivity index is 1.77. The van der Waals surface area contributed by atoms with Crippen molar-refractivity contribution in [3.8, 4) is 23.0 Å². The summed E-state index contributed by atoms with van der Waals surface area (Å²) in [5.74, 6) is 0.439. The van der Waals surface area contributed by atoms with E-state index in [1.165, 1.54) is 25.3 Å². The molecule has 0 spiro atoms. The molecule has 0 aliphatic carbocycles. The zero-order valence-electron chi connectivity index (χ0n) is 16.3. The van der Waals surface area contributed by atoms with E-state index in [1.54, 1.807) is 30.4 Å². The van der Waals surface area contributed by atoms with E-state index in [0.717, 1.165) is 0 Å². The normalized spacial score (nSPS) is 26.6. The molecule has 1 saturated heterocycles. The van der Waals surface area contributed by atoms with Gasteiger partial charge in [0.15, 0.2) is 11.5 Å². The second-order valence-corrected chi connectivity index (χ2v) is 6.89. The van der Waals surface area contributed by atoms with E-state index in [2.05, 4.69) is 0 Å². The quantitative estimate of drug-likeness (QED) is 0.366. The molecule has 2 aromatic carbocycles. The minimum atomic E-state index is -1.51. The first kappa shape index (κ1) is 21.9. The number of phenolic OH excluding ortho intramolecular Hbond substituents is 2. The Bertz CT molecular complexity index is 901. The molecular weight excluding hydrogens is 394 g/mol. The SMILES string of the molecule is COc1ccc(/C=C/c2cc(O)cc(O[C@@H]3O[C@H](CN)[C@@H](O)[C@H](O)[C@H]3O)c2)cc1O. The molecule has 0 saturated carbocycles. The van der Waals surface area contributed by atoms with Crippen LogP contribution < -0.4 is 15.2 Å². The van der Waals surface area contributed by atoms with Crippen LogP contribution in [0.25, 0.3) is 12.2 Å². The second-order valence-electron chi connectivity index (χ2n) is 6.89. The summed E-state index contributed by atoms with van der Waals surface area (Å²) in [7, 11) is 1.46. The highest BCUT2D eigenvalue weighted by Gasteiger charge is 2.44. The Morgan fingerprint density at radius 1 is 0.967 bits per heavy atom. The lowest BCUT2D eigenvalue weighted by atomic mass is 9.99. The van der Waals surface area contributed by atoms with Gasteiger partial charge in [0.05, 0.1) is 7.11 Å². The summed E-state index contributed by atoms with van der Waals surface area (Å²) in [5.41, 5.74) is 6.79. The number of hydrogen-bond donors (Lipinski definition) is 6. The number of aromatic hydroxyl groups is 2. The molecule has 0 bridgehead atoms. The first-order valence-electron chi connectivity index (χ1n) is 9.28. The third-order valence-corrected chi connectivity index (χ3v) is 4.74. The zero-order valence-corrected chi connectivity index (χ0v) is 16.3. The predicted octanol–water partition coefficient (Wildman–Crippen LogP) is 0.422. The summed E-state index contributed by atoms with van der Waals surface area (Å²) < 4.78 is 16.0. The van der Waals surface area contributed by atoms with Crippen LogP contribution in [0, 0.1) is 0 Å². The number of aliphatic hydroxyl groups excluding tert-OH is 3. The average Bonchev–Trinajstić information content (AvgIpc) is 2.72. The second kappa shape index (κ2) is 9.33. The number of nitrogens with two attached hydrogens (primary N) is 1. The zero-order chi connectivity index (χ0) is 21.8.